The predicted octanol–water partition coefficient (Wildman–Crippen LogP) is 8.99. The van der Waals surface area contributed by atoms with Crippen molar-refractivity contribution in [1.82, 2.24) is 0 Å². The molecular formula is C37H33O6Sn. The fraction of sp³-hybridized carbons (Fsp3) is 0.108. The Bertz CT molecular complexity index is 1630. The number of unbranched alkanes of at least 4 members (excludes halogenated alkanes) is 1. The van der Waals surface area contributed by atoms with Gasteiger partial charge in [0.1, 0.15) is 0 Å². The number of hydrogen-bond donors (Lipinski definition) is 3. The van der Waals surface area contributed by atoms with Crippen molar-refractivity contribution in [2.75, 3.05) is 0 Å². The summed E-state index contributed by atoms with van der Waals surface area (Å²) in [7, 11) is 0. The van der Waals surface area contributed by atoms with Gasteiger partial charge in [0.25, 0.3) is 0 Å². The Morgan fingerprint density at radius 3 is 0.977 bits per heavy atom. The molecule has 44 heavy (non-hydrogen) atoms. The van der Waals surface area contributed by atoms with Crippen LogP contribution in [0.5, 0.6) is 0 Å². The van der Waals surface area contributed by atoms with Gasteiger partial charge in [0.15, 0.2) is 0 Å². The number of hydrogen-bond acceptors (Lipinski definition) is 3. The van der Waals surface area contributed by atoms with Gasteiger partial charge in [-0.3, -0.25) is 0 Å². The average Bonchev–Trinajstić information content (AvgIpc) is 3.05. The van der Waals surface area contributed by atoms with Crippen molar-refractivity contribution >= 4 is 72.8 Å². The SMILES string of the molecule is CCC[CH2][Sn].O=C(O)c1cccc2ccccc12.O=C(O)c1cccc2ccccc12.O=C(O)c1cccc2ccccc12. The van der Waals surface area contributed by atoms with Crippen LogP contribution in [0.2, 0.25) is 4.44 Å². The van der Waals surface area contributed by atoms with E-state index < -0.39 is 17.9 Å². The molecule has 6 aromatic rings. The molecule has 0 bridgehead atoms. The van der Waals surface area contributed by atoms with Gasteiger partial charge in [-0.05, 0) is 50.5 Å². The summed E-state index contributed by atoms with van der Waals surface area (Å²) in [6, 6.07) is 38.2. The Morgan fingerprint density at radius 2 is 0.750 bits per heavy atom. The smallest absolute Gasteiger partial charge is 0.336 e. The molecule has 0 fully saturated rings. The molecule has 0 spiro atoms. The molecule has 0 unspecified atom stereocenters. The first-order valence-corrected chi connectivity index (χ1v) is 16.1. The predicted molar refractivity (Wildman–Crippen MR) is 178 cm³/mol. The summed E-state index contributed by atoms with van der Waals surface area (Å²) in [5.74, 6) is -2.63. The molecule has 6 nitrogen and oxygen atoms in total. The Balaban J connectivity index is 0.000000168. The van der Waals surface area contributed by atoms with E-state index in [0.717, 1.165) is 32.3 Å². The second kappa shape index (κ2) is 17.4. The zero-order chi connectivity index (χ0) is 31.9. The van der Waals surface area contributed by atoms with Crippen molar-refractivity contribution in [3.05, 3.63) is 144 Å². The first kappa shape index (κ1) is 33.8. The van der Waals surface area contributed by atoms with E-state index in [4.69, 9.17) is 15.3 Å². The van der Waals surface area contributed by atoms with Crippen LogP contribution in [0.3, 0.4) is 0 Å². The van der Waals surface area contributed by atoms with E-state index in [2.05, 4.69) is 6.92 Å². The Morgan fingerprint density at radius 1 is 0.477 bits per heavy atom. The van der Waals surface area contributed by atoms with E-state index in [9.17, 15) is 14.4 Å². The molecule has 6 aromatic carbocycles. The fourth-order valence-corrected chi connectivity index (χ4v) is 5.42. The summed E-state index contributed by atoms with van der Waals surface area (Å²) < 4.78 is 1.43. The van der Waals surface area contributed by atoms with Crippen LogP contribution < -0.4 is 0 Å². The Kier molecular flexibility index (Phi) is 13.4. The molecule has 0 amide bonds. The van der Waals surface area contributed by atoms with Gasteiger partial charge in [-0.2, -0.15) is 0 Å². The Labute approximate surface area is 269 Å². The third kappa shape index (κ3) is 9.41. The molecule has 0 atom stereocenters. The van der Waals surface area contributed by atoms with Crippen LogP contribution >= 0.6 is 0 Å². The van der Waals surface area contributed by atoms with Crippen molar-refractivity contribution in [2.45, 2.75) is 24.2 Å². The van der Waals surface area contributed by atoms with E-state index in [1.165, 1.54) is 17.3 Å². The molecule has 6 rings (SSSR count). The number of carbonyl (C=O) groups is 3. The molecule has 0 aromatic heterocycles. The van der Waals surface area contributed by atoms with Gasteiger partial charge >= 0.3 is 64.6 Å². The van der Waals surface area contributed by atoms with Gasteiger partial charge in [-0.15, -0.1) is 0 Å². The van der Waals surface area contributed by atoms with Gasteiger partial charge < -0.3 is 15.3 Å². The summed E-state index contributed by atoms with van der Waals surface area (Å²) in [5, 5.41) is 31.9. The monoisotopic (exact) mass is 693 g/mol. The van der Waals surface area contributed by atoms with Crippen LogP contribution in [0.4, 0.5) is 0 Å². The van der Waals surface area contributed by atoms with Crippen molar-refractivity contribution in [1.29, 1.82) is 0 Å². The van der Waals surface area contributed by atoms with Crippen LogP contribution in [-0.2, 0) is 0 Å². The van der Waals surface area contributed by atoms with E-state index >= 15 is 0 Å². The van der Waals surface area contributed by atoms with Crippen LogP contribution in [0.1, 0.15) is 50.8 Å². The number of aromatic carboxylic acids is 3. The summed E-state index contributed by atoms with van der Waals surface area (Å²) in [6.45, 7) is 2.23. The fourth-order valence-electron chi connectivity index (χ4n) is 4.41. The molecule has 3 N–H and O–H groups in total. The molecule has 0 aliphatic heterocycles. The minimum atomic E-state index is -0.878. The summed E-state index contributed by atoms with van der Waals surface area (Å²) in [4.78, 5) is 32.4. The van der Waals surface area contributed by atoms with E-state index in [1.54, 1.807) is 58.9 Å². The number of rotatable bonds is 5. The van der Waals surface area contributed by atoms with Gasteiger partial charge in [0.05, 0.1) is 16.7 Å². The third-order valence-electron chi connectivity index (χ3n) is 6.59. The molecule has 7 heteroatoms. The van der Waals surface area contributed by atoms with E-state index in [0.29, 0.717) is 16.7 Å². The summed E-state index contributed by atoms with van der Waals surface area (Å²) in [6.07, 6.45) is 2.80. The molecule has 0 saturated heterocycles. The average molecular weight is 692 g/mol. The third-order valence-corrected chi connectivity index (χ3v) is 7.60. The topological polar surface area (TPSA) is 112 Å². The summed E-state index contributed by atoms with van der Waals surface area (Å²) in [5.41, 5.74) is 1.08. The molecular weight excluding hydrogens is 659 g/mol. The minimum Gasteiger partial charge on any atom is -0.478 e. The number of carboxylic acid groups (broad SMARTS) is 3. The van der Waals surface area contributed by atoms with E-state index in [-0.39, 0.29) is 0 Å². The summed E-state index contributed by atoms with van der Waals surface area (Å²) >= 11 is 1.68. The maximum atomic E-state index is 10.8. The normalized spacial score (nSPS) is 9.95. The quantitative estimate of drug-likeness (QED) is 0.156. The molecule has 0 heterocycles. The first-order valence-electron chi connectivity index (χ1n) is 14.1. The molecule has 221 valence electrons. The van der Waals surface area contributed by atoms with Crippen molar-refractivity contribution < 1.29 is 29.7 Å². The maximum absolute atomic E-state index is 10.8. The van der Waals surface area contributed by atoms with Gasteiger partial charge in [0.2, 0.25) is 0 Å². The van der Waals surface area contributed by atoms with Crippen LogP contribution in [0, 0.1) is 0 Å². The van der Waals surface area contributed by atoms with Crippen LogP contribution in [0.25, 0.3) is 32.3 Å². The standard InChI is InChI=1S/3C11H8O2.C4H9.Sn/c3*12-11(13)10-7-3-5-8-4-1-2-6-9(8)10;1-3-4-2;/h3*1-7H,(H,12,13);1,3-4H2,2H3;. The molecule has 3 radical (unpaired) electrons. The van der Waals surface area contributed by atoms with Gasteiger partial charge in [-0.1, -0.05) is 109 Å². The largest absolute Gasteiger partial charge is 0.478 e. The second-order valence-electron chi connectivity index (χ2n) is 9.60. The minimum absolute atomic E-state index is 0.359. The zero-order valence-corrected chi connectivity index (χ0v) is 27.2. The first-order chi connectivity index (χ1) is 21.3. The Hall–Kier alpha value is -4.69. The molecule has 0 aliphatic rings. The van der Waals surface area contributed by atoms with E-state index in [1.807, 2.05) is 91.0 Å². The van der Waals surface area contributed by atoms with Gasteiger partial charge in [0, 0.05) is 0 Å². The maximum Gasteiger partial charge on any atom is 0.336 e. The molecule has 0 aliphatic carbocycles. The van der Waals surface area contributed by atoms with Crippen molar-refractivity contribution in [3.8, 4) is 0 Å². The van der Waals surface area contributed by atoms with Crippen LogP contribution in [0.15, 0.2) is 127 Å². The van der Waals surface area contributed by atoms with Gasteiger partial charge in [-0.25, -0.2) is 14.4 Å². The van der Waals surface area contributed by atoms with Crippen LogP contribution in [-0.4, -0.2) is 55.8 Å². The number of benzene rings is 6. The number of carboxylic acids is 3. The van der Waals surface area contributed by atoms with Crippen molar-refractivity contribution in [2.24, 2.45) is 0 Å². The number of fused-ring (bicyclic) bond motifs is 3. The zero-order valence-electron chi connectivity index (χ0n) is 24.3. The second-order valence-corrected chi connectivity index (χ2v) is 11.0. The van der Waals surface area contributed by atoms with Crippen molar-refractivity contribution in [3.63, 3.8) is 0 Å². The molecule has 0 saturated carbocycles.